The number of para-hydroxylation sites is 1. The quantitative estimate of drug-likeness (QED) is 0.796. The highest BCUT2D eigenvalue weighted by Gasteiger charge is 2.34. The minimum Gasteiger partial charge on any atom is -0.493 e. The summed E-state index contributed by atoms with van der Waals surface area (Å²) in [5.74, 6) is 0.101. The van der Waals surface area contributed by atoms with Crippen molar-refractivity contribution in [2.75, 3.05) is 26.1 Å². The number of methoxy groups -OCH3 is 2. The summed E-state index contributed by atoms with van der Waals surface area (Å²) >= 11 is 5.60. The molecule has 0 radical (unpaired) electrons. The highest BCUT2D eigenvalue weighted by atomic mass is 35.5. The Morgan fingerprint density at radius 3 is 2.42 bits per heavy atom. The standard InChI is InChI=1S/C17H15ClF3NO4/c1-24-13-4-3-5-14(16(13)25-2)26-9-15(23)22-12-7-6-10(18)8-11(12)17(19,20)21/h3-8H,9H2,1-2H3,(H,22,23). The lowest BCUT2D eigenvalue weighted by molar-refractivity contribution is -0.137. The molecule has 1 N–H and O–H groups in total. The van der Waals surface area contributed by atoms with E-state index >= 15 is 0 Å². The summed E-state index contributed by atoms with van der Waals surface area (Å²) in [5.41, 5.74) is -1.45. The number of amides is 1. The summed E-state index contributed by atoms with van der Waals surface area (Å²) in [7, 11) is 2.83. The van der Waals surface area contributed by atoms with Crippen LogP contribution in [0.3, 0.4) is 0 Å². The van der Waals surface area contributed by atoms with Crippen molar-refractivity contribution in [3.8, 4) is 17.2 Å². The maximum atomic E-state index is 13.0. The van der Waals surface area contributed by atoms with Crippen LogP contribution < -0.4 is 19.5 Å². The molecule has 140 valence electrons. The van der Waals surface area contributed by atoms with E-state index in [-0.39, 0.29) is 16.5 Å². The number of nitrogens with one attached hydrogen (secondary N) is 1. The van der Waals surface area contributed by atoms with E-state index in [2.05, 4.69) is 5.32 Å². The molecule has 2 rings (SSSR count). The number of rotatable bonds is 6. The number of hydrogen-bond donors (Lipinski definition) is 1. The molecule has 2 aromatic carbocycles. The van der Waals surface area contributed by atoms with Crippen molar-refractivity contribution in [2.24, 2.45) is 0 Å². The van der Waals surface area contributed by atoms with E-state index in [1.54, 1.807) is 12.1 Å². The Kier molecular flexibility index (Phi) is 6.20. The van der Waals surface area contributed by atoms with Crippen molar-refractivity contribution in [3.63, 3.8) is 0 Å². The first-order valence-corrected chi connectivity index (χ1v) is 7.64. The van der Waals surface area contributed by atoms with Crippen LogP contribution >= 0.6 is 11.6 Å². The van der Waals surface area contributed by atoms with E-state index in [0.717, 1.165) is 12.1 Å². The van der Waals surface area contributed by atoms with Crippen molar-refractivity contribution < 1.29 is 32.2 Å². The van der Waals surface area contributed by atoms with E-state index in [9.17, 15) is 18.0 Å². The first kappa shape index (κ1) is 19.7. The van der Waals surface area contributed by atoms with Crippen LogP contribution in [0.15, 0.2) is 36.4 Å². The molecule has 0 atom stereocenters. The number of halogens is 4. The van der Waals surface area contributed by atoms with Gasteiger partial charge in [-0.3, -0.25) is 4.79 Å². The summed E-state index contributed by atoms with van der Waals surface area (Å²) in [5, 5.41) is 2.08. The van der Waals surface area contributed by atoms with Gasteiger partial charge in [0.2, 0.25) is 5.75 Å². The summed E-state index contributed by atoms with van der Waals surface area (Å²) in [4.78, 5) is 12.0. The topological polar surface area (TPSA) is 56.8 Å². The summed E-state index contributed by atoms with van der Waals surface area (Å²) in [6.07, 6.45) is -4.66. The summed E-state index contributed by atoms with van der Waals surface area (Å²) in [6.45, 7) is -0.524. The number of benzene rings is 2. The molecule has 0 unspecified atom stereocenters. The lowest BCUT2D eigenvalue weighted by atomic mass is 10.1. The van der Waals surface area contributed by atoms with Gasteiger partial charge >= 0.3 is 6.18 Å². The van der Waals surface area contributed by atoms with Crippen LogP contribution in [-0.2, 0) is 11.0 Å². The molecule has 0 aliphatic rings. The molecule has 0 saturated heterocycles. The molecule has 0 aromatic heterocycles. The summed E-state index contributed by atoms with van der Waals surface area (Å²) in [6, 6.07) is 7.86. The average Bonchev–Trinajstić information content (AvgIpc) is 2.60. The normalized spacial score (nSPS) is 11.0. The minimum absolute atomic E-state index is 0.0901. The number of alkyl halides is 3. The molecule has 0 saturated carbocycles. The van der Waals surface area contributed by atoms with Gasteiger partial charge in [-0.15, -0.1) is 0 Å². The van der Waals surface area contributed by atoms with Gasteiger partial charge in [-0.05, 0) is 30.3 Å². The SMILES string of the molecule is COc1cccc(OCC(=O)Nc2ccc(Cl)cc2C(F)(F)F)c1OC. The van der Waals surface area contributed by atoms with Crippen molar-refractivity contribution in [2.45, 2.75) is 6.18 Å². The molecule has 0 aliphatic heterocycles. The third kappa shape index (κ3) is 4.72. The Bertz CT molecular complexity index is 796. The van der Waals surface area contributed by atoms with Crippen molar-refractivity contribution >= 4 is 23.2 Å². The molecule has 0 heterocycles. The smallest absolute Gasteiger partial charge is 0.418 e. The highest BCUT2D eigenvalue weighted by molar-refractivity contribution is 6.30. The number of anilines is 1. The van der Waals surface area contributed by atoms with E-state index in [4.69, 9.17) is 25.8 Å². The fraction of sp³-hybridized carbons (Fsp3) is 0.235. The molecule has 26 heavy (non-hydrogen) atoms. The predicted molar refractivity (Wildman–Crippen MR) is 90.1 cm³/mol. The van der Waals surface area contributed by atoms with Gasteiger partial charge in [-0.2, -0.15) is 13.2 Å². The van der Waals surface area contributed by atoms with Gasteiger partial charge < -0.3 is 19.5 Å². The molecular weight excluding hydrogens is 375 g/mol. The second-order valence-corrected chi connectivity index (χ2v) is 5.45. The molecular formula is C17H15ClF3NO4. The largest absolute Gasteiger partial charge is 0.493 e. The van der Waals surface area contributed by atoms with Gasteiger partial charge in [0, 0.05) is 5.02 Å². The molecule has 0 aliphatic carbocycles. The van der Waals surface area contributed by atoms with E-state index < -0.39 is 29.9 Å². The molecule has 0 bridgehead atoms. The second-order valence-electron chi connectivity index (χ2n) is 5.02. The van der Waals surface area contributed by atoms with Crippen LogP contribution in [0.2, 0.25) is 5.02 Å². The molecule has 0 fully saturated rings. The van der Waals surface area contributed by atoms with Gasteiger partial charge in [0.1, 0.15) is 0 Å². The van der Waals surface area contributed by atoms with Gasteiger partial charge in [0.05, 0.1) is 25.5 Å². The second kappa shape index (κ2) is 8.18. The average molecular weight is 390 g/mol. The van der Waals surface area contributed by atoms with Crippen molar-refractivity contribution in [1.29, 1.82) is 0 Å². The zero-order valence-electron chi connectivity index (χ0n) is 13.8. The minimum atomic E-state index is -4.66. The number of ether oxygens (including phenoxy) is 3. The van der Waals surface area contributed by atoms with Crippen LogP contribution in [0.1, 0.15) is 5.56 Å². The zero-order valence-corrected chi connectivity index (χ0v) is 14.6. The highest BCUT2D eigenvalue weighted by Crippen LogP contribution is 2.37. The monoisotopic (exact) mass is 389 g/mol. The van der Waals surface area contributed by atoms with Crippen LogP contribution in [0, 0.1) is 0 Å². The van der Waals surface area contributed by atoms with Gasteiger partial charge in [-0.1, -0.05) is 17.7 Å². The molecule has 1 amide bonds. The Hall–Kier alpha value is -2.61. The van der Waals surface area contributed by atoms with E-state index in [1.165, 1.54) is 26.4 Å². The lowest BCUT2D eigenvalue weighted by Crippen LogP contribution is -2.22. The Morgan fingerprint density at radius 2 is 1.81 bits per heavy atom. The number of hydrogen-bond acceptors (Lipinski definition) is 4. The predicted octanol–water partition coefficient (Wildman–Crippen LogP) is 4.39. The van der Waals surface area contributed by atoms with Crippen LogP contribution in [0.25, 0.3) is 0 Å². The maximum Gasteiger partial charge on any atom is 0.418 e. The van der Waals surface area contributed by atoms with Gasteiger partial charge in [0.15, 0.2) is 18.1 Å². The fourth-order valence-corrected chi connectivity index (χ4v) is 2.33. The van der Waals surface area contributed by atoms with Crippen LogP contribution in [0.5, 0.6) is 17.2 Å². The Morgan fingerprint density at radius 1 is 1.12 bits per heavy atom. The third-order valence-corrected chi connectivity index (χ3v) is 3.52. The first-order chi connectivity index (χ1) is 12.3. The molecule has 0 spiro atoms. The number of carbonyl (C=O) groups excluding carboxylic acids is 1. The molecule has 2 aromatic rings. The zero-order chi connectivity index (χ0) is 19.3. The lowest BCUT2D eigenvalue weighted by Gasteiger charge is -2.15. The van der Waals surface area contributed by atoms with Crippen LogP contribution in [0.4, 0.5) is 18.9 Å². The first-order valence-electron chi connectivity index (χ1n) is 7.26. The number of carbonyl (C=O) groups is 1. The molecule has 5 nitrogen and oxygen atoms in total. The fourth-order valence-electron chi connectivity index (χ4n) is 2.16. The van der Waals surface area contributed by atoms with E-state index in [1.807, 2.05) is 0 Å². The molecule has 9 heteroatoms. The van der Waals surface area contributed by atoms with E-state index in [0.29, 0.717) is 5.75 Å². The van der Waals surface area contributed by atoms with Crippen molar-refractivity contribution in [1.82, 2.24) is 0 Å². The van der Waals surface area contributed by atoms with Crippen molar-refractivity contribution in [3.05, 3.63) is 47.0 Å². The Balaban J connectivity index is 2.12. The van der Waals surface area contributed by atoms with Gasteiger partial charge in [0.25, 0.3) is 5.91 Å². The van der Waals surface area contributed by atoms with Crippen LogP contribution in [-0.4, -0.2) is 26.7 Å². The third-order valence-electron chi connectivity index (χ3n) is 3.29. The Labute approximate surface area is 152 Å². The summed E-state index contributed by atoms with van der Waals surface area (Å²) < 4.78 is 54.7. The maximum absolute atomic E-state index is 13.0. The van der Waals surface area contributed by atoms with Gasteiger partial charge in [-0.25, -0.2) is 0 Å².